The molecule has 0 aliphatic carbocycles. The van der Waals surface area contributed by atoms with Crippen LogP contribution in [-0.2, 0) is 16.6 Å². The third kappa shape index (κ3) is 4.38. The molecule has 0 spiro atoms. The first-order valence-electron chi connectivity index (χ1n) is 6.88. The van der Waals surface area contributed by atoms with Crippen LogP contribution in [0.4, 0.5) is 0 Å². The Balaban J connectivity index is 2.06. The van der Waals surface area contributed by atoms with Crippen LogP contribution >= 0.6 is 11.3 Å². The second-order valence-electron chi connectivity index (χ2n) is 4.75. The minimum atomic E-state index is -3.45. The summed E-state index contributed by atoms with van der Waals surface area (Å²) < 4.78 is 27.0. The van der Waals surface area contributed by atoms with Gasteiger partial charge in [0.05, 0.1) is 4.90 Å². The van der Waals surface area contributed by atoms with Crippen molar-refractivity contribution in [2.45, 2.75) is 31.3 Å². The van der Waals surface area contributed by atoms with Crippen LogP contribution in [0.25, 0.3) is 0 Å². The molecule has 0 saturated heterocycles. The van der Waals surface area contributed by atoms with Crippen molar-refractivity contribution >= 4 is 21.4 Å². The van der Waals surface area contributed by atoms with Gasteiger partial charge in [-0.15, -0.1) is 11.3 Å². The second-order valence-corrected chi connectivity index (χ2v) is 7.55. The third-order valence-electron chi connectivity index (χ3n) is 3.22. The molecule has 0 radical (unpaired) electrons. The summed E-state index contributed by atoms with van der Waals surface area (Å²) in [7, 11) is -3.45. The van der Waals surface area contributed by atoms with Crippen molar-refractivity contribution in [1.29, 1.82) is 0 Å². The Morgan fingerprint density at radius 1 is 1.19 bits per heavy atom. The zero-order valence-corrected chi connectivity index (χ0v) is 13.8. The Bertz CT molecular complexity index is 649. The standard InChI is InChI=1S/C15H20N2O2S2/c1-3-16-12(2)13-6-8-15(9-7-13)21(18,19)17-11-14-5-4-10-20-14/h4-10,12,16-17H,3,11H2,1-2H3. The van der Waals surface area contributed by atoms with Crippen LogP contribution in [0.5, 0.6) is 0 Å². The molecule has 1 aromatic carbocycles. The topological polar surface area (TPSA) is 58.2 Å². The van der Waals surface area contributed by atoms with E-state index < -0.39 is 10.0 Å². The first-order valence-corrected chi connectivity index (χ1v) is 9.24. The largest absolute Gasteiger partial charge is 0.310 e. The summed E-state index contributed by atoms with van der Waals surface area (Å²) in [6, 6.07) is 11.0. The summed E-state index contributed by atoms with van der Waals surface area (Å²) in [5, 5.41) is 5.23. The summed E-state index contributed by atoms with van der Waals surface area (Å²) in [5.41, 5.74) is 1.08. The molecule has 1 heterocycles. The van der Waals surface area contributed by atoms with Crippen LogP contribution in [0.2, 0.25) is 0 Å². The van der Waals surface area contributed by atoms with Gasteiger partial charge in [0.1, 0.15) is 0 Å². The van der Waals surface area contributed by atoms with E-state index in [-0.39, 0.29) is 6.04 Å². The second kappa shape index (κ2) is 7.17. The first kappa shape index (κ1) is 16.2. The SMILES string of the molecule is CCNC(C)c1ccc(S(=O)(=O)NCc2cccs2)cc1. The minimum Gasteiger partial charge on any atom is -0.310 e. The molecular weight excluding hydrogens is 304 g/mol. The zero-order valence-electron chi connectivity index (χ0n) is 12.2. The maximum atomic E-state index is 12.2. The normalized spacial score (nSPS) is 13.2. The van der Waals surface area contributed by atoms with Gasteiger partial charge >= 0.3 is 0 Å². The van der Waals surface area contributed by atoms with Crippen molar-refractivity contribution in [2.24, 2.45) is 0 Å². The lowest BCUT2D eigenvalue weighted by molar-refractivity contribution is 0.580. The van der Waals surface area contributed by atoms with Gasteiger partial charge in [0.2, 0.25) is 10.0 Å². The number of hydrogen-bond acceptors (Lipinski definition) is 4. The van der Waals surface area contributed by atoms with Gasteiger partial charge in [-0.2, -0.15) is 0 Å². The Morgan fingerprint density at radius 2 is 1.90 bits per heavy atom. The minimum absolute atomic E-state index is 0.214. The molecule has 2 rings (SSSR count). The zero-order chi connectivity index (χ0) is 15.3. The highest BCUT2D eigenvalue weighted by Gasteiger charge is 2.14. The molecule has 6 heteroatoms. The summed E-state index contributed by atoms with van der Waals surface area (Å²) in [5.74, 6) is 0. The highest BCUT2D eigenvalue weighted by Crippen LogP contribution is 2.17. The molecule has 0 aliphatic rings. The number of hydrogen-bond donors (Lipinski definition) is 2. The van der Waals surface area contributed by atoms with Crippen LogP contribution < -0.4 is 10.0 Å². The van der Waals surface area contributed by atoms with Crippen molar-refractivity contribution in [3.8, 4) is 0 Å². The van der Waals surface area contributed by atoms with E-state index in [1.54, 1.807) is 12.1 Å². The first-order chi connectivity index (χ1) is 10.0. The van der Waals surface area contributed by atoms with Crippen LogP contribution in [0.3, 0.4) is 0 Å². The van der Waals surface area contributed by atoms with E-state index in [0.29, 0.717) is 11.4 Å². The molecule has 21 heavy (non-hydrogen) atoms. The molecule has 0 bridgehead atoms. The van der Waals surface area contributed by atoms with E-state index in [1.807, 2.05) is 36.6 Å². The molecular formula is C15H20N2O2S2. The molecule has 0 amide bonds. The molecule has 0 fully saturated rings. The fourth-order valence-electron chi connectivity index (χ4n) is 2.02. The molecule has 1 atom stereocenters. The fraction of sp³-hybridized carbons (Fsp3) is 0.333. The molecule has 1 aromatic heterocycles. The number of benzene rings is 1. The lowest BCUT2D eigenvalue weighted by atomic mass is 10.1. The van der Waals surface area contributed by atoms with Gasteiger partial charge in [-0.05, 0) is 42.6 Å². The van der Waals surface area contributed by atoms with E-state index in [4.69, 9.17) is 0 Å². The van der Waals surface area contributed by atoms with E-state index in [0.717, 1.165) is 17.0 Å². The maximum Gasteiger partial charge on any atom is 0.240 e. The Kier molecular flexibility index (Phi) is 5.52. The molecule has 0 aliphatic heterocycles. The number of sulfonamides is 1. The number of nitrogens with one attached hydrogen (secondary N) is 2. The van der Waals surface area contributed by atoms with E-state index in [2.05, 4.69) is 17.0 Å². The van der Waals surface area contributed by atoms with Crippen LogP contribution in [0, 0.1) is 0 Å². The van der Waals surface area contributed by atoms with Crippen molar-refractivity contribution < 1.29 is 8.42 Å². The fourth-order valence-corrected chi connectivity index (χ4v) is 3.76. The predicted octanol–water partition coefficient (Wildman–Crippen LogP) is 2.90. The Labute approximate surface area is 130 Å². The van der Waals surface area contributed by atoms with E-state index in [1.165, 1.54) is 11.3 Å². The van der Waals surface area contributed by atoms with Crippen molar-refractivity contribution in [1.82, 2.24) is 10.0 Å². The third-order valence-corrected chi connectivity index (χ3v) is 5.51. The monoisotopic (exact) mass is 324 g/mol. The van der Waals surface area contributed by atoms with Crippen molar-refractivity contribution in [3.05, 3.63) is 52.2 Å². The number of rotatable bonds is 7. The smallest absolute Gasteiger partial charge is 0.240 e. The van der Waals surface area contributed by atoms with Crippen LogP contribution in [0.15, 0.2) is 46.7 Å². The quantitative estimate of drug-likeness (QED) is 0.823. The predicted molar refractivity (Wildman–Crippen MR) is 86.9 cm³/mol. The van der Waals surface area contributed by atoms with Gasteiger partial charge in [-0.25, -0.2) is 13.1 Å². The average molecular weight is 324 g/mol. The summed E-state index contributed by atoms with van der Waals surface area (Å²) in [6.07, 6.45) is 0. The lowest BCUT2D eigenvalue weighted by Gasteiger charge is -2.13. The summed E-state index contributed by atoms with van der Waals surface area (Å²) in [6.45, 7) is 5.31. The van der Waals surface area contributed by atoms with E-state index in [9.17, 15) is 8.42 Å². The molecule has 2 aromatic rings. The Morgan fingerprint density at radius 3 is 2.48 bits per heavy atom. The van der Waals surface area contributed by atoms with Gasteiger partial charge in [0.25, 0.3) is 0 Å². The van der Waals surface area contributed by atoms with Gasteiger partial charge in [0.15, 0.2) is 0 Å². The Hall–Kier alpha value is -1.21. The highest BCUT2D eigenvalue weighted by molar-refractivity contribution is 7.89. The lowest BCUT2D eigenvalue weighted by Crippen LogP contribution is -2.23. The van der Waals surface area contributed by atoms with Gasteiger partial charge in [-0.3, -0.25) is 0 Å². The average Bonchev–Trinajstić information content (AvgIpc) is 2.99. The van der Waals surface area contributed by atoms with Gasteiger partial charge in [0, 0.05) is 17.5 Å². The molecule has 0 saturated carbocycles. The molecule has 4 nitrogen and oxygen atoms in total. The van der Waals surface area contributed by atoms with Crippen LogP contribution in [0.1, 0.15) is 30.3 Å². The van der Waals surface area contributed by atoms with Crippen molar-refractivity contribution in [2.75, 3.05) is 6.54 Å². The molecule has 114 valence electrons. The summed E-state index contributed by atoms with van der Waals surface area (Å²) >= 11 is 1.54. The molecule has 1 unspecified atom stereocenters. The van der Waals surface area contributed by atoms with Crippen LogP contribution in [-0.4, -0.2) is 15.0 Å². The summed E-state index contributed by atoms with van der Waals surface area (Å²) in [4.78, 5) is 1.29. The van der Waals surface area contributed by atoms with Gasteiger partial charge < -0.3 is 5.32 Å². The van der Waals surface area contributed by atoms with Gasteiger partial charge in [-0.1, -0.05) is 25.1 Å². The number of thiophene rings is 1. The van der Waals surface area contributed by atoms with E-state index >= 15 is 0 Å². The molecule has 2 N–H and O–H groups in total. The van der Waals surface area contributed by atoms with Crippen molar-refractivity contribution in [3.63, 3.8) is 0 Å². The highest BCUT2D eigenvalue weighted by atomic mass is 32.2. The maximum absolute atomic E-state index is 12.2.